The molecule has 31 heavy (non-hydrogen) atoms. The molecule has 0 saturated carbocycles. The van der Waals surface area contributed by atoms with Gasteiger partial charge < -0.3 is 9.30 Å². The molecule has 0 aliphatic rings. The van der Waals surface area contributed by atoms with Crippen molar-refractivity contribution in [3.05, 3.63) is 99.8 Å². The third-order valence-electron chi connectivity index (χ3n) is 4.80. The lowest BCUT2D eigenvalue weighted by Gasteiger charge is -2.11. The molecule has 0 saturated heterocycles. The van der Waals surface area contributed by atoms with Gasteiger partial charge in [-0.25, -0.2) is 9.78 Å². The number of halogens is 2. The molecule has 0 unspecified atom stereocenters. The summed E-state index contributed by atoms with van der Waals surface area (Å²) >= 11 is 12.0. The highest BCUT2D eigenvalue weighted by molar-refractivity contribution is 6.31. The van der Waals surface area contributed by atoms with Gasteiger partial charge in [-0.05, 0) is 67.1 Å². The van der Waals surface area contributed by atoms with Gasteiger partial charge in [0.25, 0.3) is 0 Å². The molecule has 0 N–H and O–H groups in total. The second-order valence-corrected chi connectivity index (χ2v) is 7.90. The highest BCUT2D eigenvalue weighted by Gasteiger charge is 2.15. The lowest BCUT2D eigenvalue weighted by molar-refractivity contribution is 0.0693. The van der Waals surface area contributed by atoms with Crippen LogP contribution in [0.3, 0.4) is 0 Å². The molecule has 0 fully saturated rings. The van der Waals surface area contributed by atoms with E-state index < -0.39 is 5.97 Å². The summed E-state index contributed by atoms with van der Waals surface area (Å²) in [6.07, 6.45) is 2.74. The van der Waals surface area contributed by atoms with E-state index in [9.17, 15) is 4.79 Å². The quantitative estimate of drug-likeness (QED) is 0.232. The van der Waals surface area contributed by atoms with Crippen molar-refractivity contribution in [2.24, 2.45) is 0 Å². The van der Waals surface area contributed by atoms with E-state index in [0.717, 1.165) is 35.4 Å². The molecule has 4 aromatic rings. The van der Waals surface area contributed by atoms with Crippen LogP contribution >= 0.6 is 23.2 Å². The van der Waals surface area contributed by atoms with Gasteiger partial charge in [-0.2, -0.15) is 0 Å². The Kier molecular flexibility index (Phi) is 6.40. The Morgan fingerprint density at radius 3 is 2.19 bits per heavy atom. The van der Waals surface area contributed by atoms with Crippen LogP contribution in [-0.2, 0) is 11.3 Å². The van der Waals surface area contributed by atoms with Gasteiger partial charge in [0, 0.05) is 28.2 Å². The van der Waals surface area contributed by atoms with Crippen molar-refractivity contribution >= 4 is 52.0 Å². The van der Waals surface area contributed by atoms with Crippen molar-refractivity contribution in [1.29, 1.82) is 0 Å². The van der Waals surface area contributed by atoms with Gasteiger partial charge in [-0.15, -0.1) is 0 Å². The fourth-order valence-electron chi connectivity index (χ4n) is 3.31. The molecule has 0 spiro atoms. The zero-order valence-electron chi connectivity index (χ0n) is 16.9. The van der Waals surface area contributed by atoms with Crippen LogP contribution in [-0.4, -0.2) is 15.5 Å². The summed E-state index contributed by atoms with van der Waals surface area (Å²) in [5.41, 5.74) is 3.06. The zero-order chi connectivity index (χ0) is 21.8. The third kappa shape index (κ3) is 4.82. The molecule has 0 bridgehead atoms. The van der Waals surface area contributed by atoms with E-state index >= 15 is 0 Å². The summed E-state index contributed by atoms with van der Waals surface area (Å²) in [6, 6.07) is 21.7. The molecular weight excluding hydrogens is 431 g/mol. The lowest BCUT2D eigenvalue weighted by atomic mass is 10.1. The predicted molar refractivity (Wildman–Crippen MR) is 126 cm³/mol. The Morgan fingerprint density at radius 2 is 1.55 bits per heavy atom. The summed E-state index contributed by atoms with van der Waals surface area (Å²) in [5, 5.41) is 1.16. The highest BCUT2D eigenvalue weighted by Crippen LogP contribution is 2.25. The van der Waals surface area contributed by atoms with E-state index in [1.165, 1.54) is 0 Å². The second-order valence-electron chi connectivity index (χ2n) is 7.02. The molecule has 0 aliphatic heterocycles. The number of fused-ring (bicyclic) bond motifs is 1. The largest absolute Gasteiger partial charge is 0.422 e. The minimum atomic E-state index is -0.476. The van der Waals surface area contributed by atoms with Gasteiger partial charge in [-0.3, -0.25) is 0 Å². The van der Waals surface area contributed by atoms with E-state index in [-0.39, 0.29) is 0 Å². The second kappa shape index (κ2) is 9.38. The Bertz CT molecular complexity index is 1240. The number of nitrogens with zero attached hydrogens (tertiary/aromatic N) is 2. The summed E-state index contributed by atoms with van der Waals surface area (Å²) in [7, 11) is 0. The van der Waals surface area contributed by atoms with Crippen molar-refractivity contribution < 1.29 is 9.53 Å². The average molecular weight is 451 g/mol. The number of ether oxygens (including phenoxy) is 1. The van der Waals surface area contributed by atoms with Crippen LogP contribution in [0.2, 0.25) is 10.0 Å². The number of hydrogen-bond acceptors (Lipinski definition) is 3. The molecule has 0 atom stereocenters. The molecule has 3 aromatic carbocycles. The van der Waals surface area contributed by atoms with Crippen molar-refractivity contribution in [1.82, 2.24) is 9.55 Å². The highest BCUT2D eigenvalue weighted by atomic mass is 35.5. The van der Waals surface area contributed by atoms with E-state index in [1.54, 1.807) is 42.5 Å². The topological polar surface area (TPSA) is 44.1 Å². The summed E-state index contributed by atoms with van der Waals surface area (Å²) in [5.74, 6) is 0.636. The normalized spacial score (nSPS) is 11.6. The smallest absolute Gasteiger partial charge is 0.343 e. The molecule has 1 heterocycles. The molecule has 0 aliphatic carbocycles. The van der Waals surface area contributed by atoms with Crippen LogP contribution in [0.15, 0.2) is 72.8 Å². The monoisotopic (exact) mass is 450 g/mol. The van der Waals surface area contributed by atoms with Crippen molar-refractivity contribution in [3.8, 4) is 0 Å². The van der Waals surface area contributed by atoms with Crippen LogP contribution < -0.4 is 0 Å². The van der Waals surface area contributed by atoms with Gasteiger partial charge in [0.1, 0.15) is 11.6 Å². The minimum absolute atomic E-state index is 0.393. The first-order valence-electron chi connectivity index (χ1n) is 9.96. The SMILES string of the molecule is CCCn1c(C=C(OC(=O)c2ccc(Cl)cc2)c2ccc(Cl)cc2)nc2ccccc21. The molecule has 0 amide bonds. The number of carbonyl (C=O) groups excluding carboxylic acids is 1. The van der Waals surface area contributed by atoms with Gasteiger partial charge in [0.05, 0.1) is 16.6 Å². The Labute approximate surface area is 190 Å². The molecule has 4 nitrogen and oxygen atoms in total. The first kappa shape index (κ1) is 21.2. The maximum Gasteiger partial charge on any atom is 0.343 e. The van der Waals surface area contributed by atoms with Gasteiger partial charge in [0.15, 0.2) is 0 Å². The van der Waals surface area contributed by atoms with Crippen LogP contribution in [0.25, 0.3) is 22.9 Å². The summed E-state index contributed by atoms with van der Waals surface area (Å²) < 4.78 is 7.94. The first-order chi connectivity index (χ1) is 15.0. The number of para-hydroxylation sites is 2. The van der Waals surface area contributed by atoms with Gasteiger partial charge in [0.2, 0.25) is 0 Å². The van der Waals surface area contributed by atoms with Crippen molar-refractivity contribution in [3.63, 3.8) is 0 Å². The standard InChI is InChI=1S/C25H20Cl2N2O2/c1-2-15-29-22-6-4-3-5-21(22)28-24(29)16-23(17-7-11-19(26)12-8-17)31-25(30)18-9-13-20(27)14-10-18/h3-14,16H,2,15H2,1H3. The molecule has 6 heteroatoms. The van der Waals surface area contributed by atoms with E-state index in [4.69, 9.17) is 32.9 Å². The number of esters is 1. The number of carbonyl (C=O) groups is 1. The van der Waals surface area contributed by atoms with Crippen LogP contribution in [0.1, 0.15) is 35.1 Å². The van der Waals surface area contributed by atoms with Crippen molar-refractivity contribution in [2.75, 3.05) is 0 Å². The minimum Gasteiger partial charge on any atom is -0.422 e. The number of imidazole rings is 1. The summed E-state index contributed by atoms with van der Waals surface area (Å²) in [6.45, 7) is 2.91. The molecular formula is C25H20Cl2N2O2. The van der Waals surface area contributed by atoms with Crippen LogP contribution in [0.4, 0.5) is 0 Å². The third-order valence-corrected chi connectivity index (χ3v) is 5.31. The number of aromatic nitrogens is 2. The van der Waals surface area contributed by atoms with Crippen LogP contribution in [0.5, 0.6) is 0 Å². The average Bonchev–Trinajstić information content (AvgIpc) is 3.12. The van der Waals surface area contributed by atoms with E-state index in [0.29, 0.717) is 21.4 Å². The fourth-order valence-corrected chi connectivity index (χ4v) is 3.56. The van der Waals surface area contributed by atoms with E-state index in [2.05, 4.69) is 11.5 Å². The maximum atomic E-state index is 12.8. The van der Waals surface area contributed by atoms with Crippen LogP contribution in [0, 0.1) is 0 Å². The number of aryl methyl sites for hydroxylation is 1. The Morgan fingerprint density at radius 1 is 0.935 bits per heavy atom. The number of rotatable bonds is 6. The maximum absolute atomic E-state index is 12.8. The Hall–Kier alpha value is -3.08. The molecule has 156 valence electrons. The Balaban J connectivity index is 1.79. The zero-order valence-corrected chi connectivity index (χ0v) is 18.4. The first-order valence-corrected chi connectivity index (χ1v) is 10.7. The molecule has 1 aromatic heterocycles. The summed E-state index contributed by atoms with van der Waals surface area (Å²) in [4.78, 5) is 17.6. The van der Waals surface area contributed by atoms with Crippen molar-refractivity contribution in [2.45, 2.75) is 19.9 Å². The number of benzene rings is 3. The van der Waals surface area contributed by atoms with Gasteiger partial charge in [-0.1, -0.05) is 42.3 Å². The van der Waals surface area contributed by atoms with E-state index in [1.807, 2.05) is 36.4 Å². The van der Waals surface area contributed by atoms with Gasteiger partial charge >= 0.3 is 5.97 Å². The molecule has 4 rings (SSSR count). The lowest BCUT2D eigenvalue weighted by Crippen LogP contribution is -2.06. The fraction of sp³-hybridized carbons (Fsp3) is 0.120. The number of hydrogen-bond donors (Lipinski definition) is 0. The molecule has 0 radical (unpaired) electrons. The predicted octanol–water partition coefficient (Wildman–Crippen LogP) is 7.11.